The van der Waals surface area contributed by atoms with Gasteiger partial charge in [-0.05, 0) is 11.6 Å². The Balaban J connectivity index is 2.27. The second-order valence-electron chi connectivity index (χ2n) is 4.16. The molecule has 5 heteroatoms. The normalized spacial score (nSPS) is 13.7. The molecule has 1 aliphatic rings. The van der Waals surface area contributed by atoms with Gasteiger partial charge >= 0.3 is 6.18 Å². The third-order valence-electron chi connectivity index (χ3n) is 2.91. The molecule has 0 amide bonds. The Labute approximate surface area is 107 Å². The third-order valence-corrected chi connectivity index (χ3v) is 2.91. The Hall–Kier alpha value is -2.30. The van der Waals surface area contributed by atoms with Gasteiger partial charge in [0.05, 0.1) is 5.56 Å². The van der Waals surface area contributed by atoms with E-state index in [4.69, 9.17) is 0 Å². The van der Waals surface area contributed by atoms with Crippen molar-refractivity contribution in [3.8, 4) is 11.1 Å². The van der Waals surface area contributed by atoms with E-state index in [1.807, 2.05) is 0 Å². The van der Waals surface area contributed by atoms with Crippen LogP contribution in [0.3, 0.4) is 0 Å². The number of hydrogen-bond acceptors (Lipinski definition) is 2. The molecule has 0 unspecified atom stereocenters. The molecular weight excluding hydrogens is 253 g/mol. The molecule has 1 heterocycles. The molecule has 0 saturated carbocycles. The monoisotopic (exact) mass is 262 g/mol. The minimum atomic E-state index is -4.39. The number of amidine groups is 1. The van der Waals surface area contributed by atoms with E-state index in [-0.39, 0.29) is 5.56 Å². The lowest BCUT2D eigenvalue weighted by Crippen LogP contribution is -2.10. The van der Waals surface area contributed by atoms with Crippen LogP contribution >= 0.6 is 0 Å². The molecule has 0 fully saturated rings. The van der Waals surface area contributed by atoms with E-state index in [9.17, 15) is 13.2 Å². The number of hydrazone groups is 1. The zero-order valence-electron chi connectivity index (χ0n) is 9.70. The van der Waals surface area contributed by atoms with Crippen molar-refractivity contribution in [3.63, 3.8) is 0 Å². The molecule has 0 bridgehead atoms. The van der Waals surface area contributed by atoms with Gasteiger partial charge in [0.25, 0.3) is 0 Å². The van der Waals surface area contributed by atoms with Gasteiger partial charge in [0.2, 0.25) is 0 Å². The molecule has 0 spiro atoms. The Morgan fingerprint density at radius 2 is 1.58 bits per heavy atom. The molecule has 0 radical (unpaired) electrons. The number of nitrogens with zero attached hydrogens (tertiary/aromatic N) is 1. The molecule has 3 rings (SSSR count). The minimum Gasteiger partial charge on any atom is -0.257 e. The quantitative estimate of drug-likeness (QED) is 0.880. The summed E-state index contributed by atoms with van der Waals surface area (Å²) in [6, 6.07) is 12.7. The maximum Gasteiger partial charge on any atom is 0.417 e. The van der Waals surface area contributed by atoms with Gasteiger partial charge in [0.1, 0.15) is 0 Å². The van der Waals surface area contributed by atoms with Gasteiger partial charge in [-0.15, -0.1) is 0 Å². The Morgan fingerprint density at radius 1 is 0.895 bits per heavy atom. The van der Waals surface area contributed by atoms with Crippen LogP contribution in [0.5, 0.6) is 0 Å². The van der Waals surface area contributed by atoms with Crippen molar-refractivity contribution >= 4 is 5.84 Å². The van der Waals surface area contributed by atoms with Crippen LogP contribution in [-0.2, 0) is 6.18 Å². The van der Waals surface area contributed by atoms with E-state index in [1.165, 1.54) is 6.07 Å². The van der Waals surface area contributed by atoms with Crippen LogP contribution in [0.2, 0.25) is 0 Å². The van der Waals surface area contributed by atoms with Crippen LogP contribution in [0.1, 0.15) is 11.1 Å². The molecule has 0 atom stereocenters. The first kappa shape index (κ1) is 11.8. The molecule has 2 aromatic rings. The number of benzene rings is 2. The number of hydrogen-bond donors (Lipinski definition) is 1. The standard InChI is InChI=1S/C14H9F3N2/c15-14(16,17)11-8-4-7-10(13-18-19-13)12(11)9-5-2-1-3-6-9/h1-8H,(H,18,19). The Bertz CT molecular complexity index is 645. The number of halogens is 3. The van der Waals surface area contributed by atoms with Gasteiger partial charge in [0, 0.05) is 11.1 Å². The molecule has 0 aliphatic carbocycles. The van der Waals surface area contributed by atoms with Gasteiger partial charge in [-0.1, -0.05) is 42.5 Å². The topological polar surface area (TPSA) is 34.3 Å². The molecule has 1 N–H and O–H groups in total. The van der Waals surface area contributed by atoms with Crippen molar-refractivity contribution in [1.82, 2.24) is 5.43 Å². The summed E-state index contributed by atoms with van der Waals surface area (Å²) in [5, 5.41) is 3.78. The molecule has 19 heavy (non-hydrogen) atoms. The summed E-state index contributed by atoms with van der Waals surface area (Å²) in [6.07, 6.45) is -4.39. The Morgan fingerprint density at radius 3 is 2.16 bits per heavy atom. The summed E-state index contributed by atoms with van der Waals surface area (Å²) in [6.45, 7) is 0. The summed E-state index contributed by atoms with van der Waals surface area (Å²) in [7, 11) is 0. The van der Waals surface area contributed by atoms with Crippen molar-refractivity contribution in [2.75, 3.05) is 0 Å². The molecule has 0 aromatic heterocycles. The maximum atomic E-state index is 13.1. The zero-order chi connectivity index (χ0) is 13.5. The highest BCUT2D eigenvalue weighted by Gasteiger charge is 2.35. The smallest absolute Gasteiger partial charge is 0.257 e. The van der Waals surface area contributed by atoms with Gasteiger partial charge in [-0.2, -0.15) is 18.3 Å². The van der Waals surface area contributed by atoms with Crippen molar-refractivity contribution in [1.29, 1.82) is 0 Å². The first-order valence-corrected chi connectivity index (χ1v) is 5.67. The predicted molar refractivity (Wildman–Crippen MR) is 66.6 cm³/mol. The van der Waals surface area contributed by atoms with Gasteiger partial charge in [-0.3, -0.25) is 5.43 Å². The van der Waals surface area contributed by atoms with Crippen LogP contribution in [-0.4, -0.2) is 5.84 Å². The summed E-state index contributed by atoms with van der Waals surface area (Å²) in [5.41, 5.74) is 3.14. The second kappa shape index (κ2) is 4.12. The van der Waals surface area contributed by atoms with E-state index in [0.717, 1.165) is 6.07 Å². The average molecular weight is 262 g/mol. The first-order chi connectivity index (χ1) is 9.07. The van der Waals surface area contributed by atoms with Crippen molar-refractivity contribution < 1.29 is 13.2 Å². The zero-order valence-corrected chi connectivity index (χ0v) is 9.70. The highest BCUT2D eigenvalue weighted by Crippen LogP contribution is 2.39. The highest BCUT2D eigenvalue weighted by atomic mass is 19.4. The molecule has 2 aromatic carbocycles. The second-order valence-corrected chi connectivity index (χ2v) is 4.16. The third kappa shape index (κ3) is 2.19. The number of rotatable bonds is 2. The van der Waals surface area contributed by atoms with Gasteiger partial charge in [-0.25, -0.2) is 0 Å². The number of nitrogens with one attached hydrogen (secondary N) is 1. The van der Waals surface area contributed by atoms with E-state index < -0.39 is 11.7 Å². The summed E-state index contributed by atoms with van der Waals surface area (Å²) in [5.74, 6) is 0.491. The van der Waals surface area contributed by atoms with E-state index in [2.05, 4.69) is 10.5 Å². The van der Waals surface area contributed by atoms with E-state index in [1.54, 1.807) is 36.4 Å². The average Bonchev–Trinajstić information content (AvgIpc) is 3.22. The summed E-state index contributed by atoms with van der Waals surface area (Å²) in [4.78, 5) is 0. The minimum absolute atomic E-state index is 0.166. The van der Waals surface area contributed by atoms with E-state index in [0.29, 0.717) is 17.0 Å². The molecule has 1 aliphatic heterocycles. The highest BCUT2D eigenvalue weighted by molar-refractivity contribution is 6.10. The summed E-state index contributed by atoms with van der Waals surface area (Å²) >= 11 is 0. The molecule has 96 valence electrons. The van der Waals surface area contributed by atoms with Crippen molar-refractivity contribution in [3.05, 3.63) is 59.7 Å². The van der Waals surface area contributed by atoms with Crippen molar-refractivity contribution in [2.45, 2.75) is 6.18 Å². The molecule has 0 saturated heterocycles. The Kier molecular flexibility index (Phi) is 2.55. The summed E-state index contributed by atoms with van der Waals surface area (Å²) < 4.78 is 39.4. The fraction of sp³-hybridized carbons (Fsp3) is 0.0714. The van der Waals surface area contributed by atoms with Crippen LogP contribution in [0, 0.1) is 0 Å². The van der Waals surface area contributed by atoms with Gasteiger partial charge < -0.3 is 0 Å². The molecule has 2 nitrogen and oxygen atoms in total. The predicted octanol–water partition coefficient (Wildman–Crippen LogP) is 3.64. The van der Waals surface area contributed by atoms with Crippen LogP contribution in [0.15, 0.2) is 53.6 Å². The fourth-order valence-electron chi connectivity index (χ4n) is 2.05. The SMILES string of the molecule is FC(F)(F)c1cccc(C2=NN2)c1-c1ccccc1. The van der Waals surface area contributed by atoms with Gasteiger partial charge in [0.15, 0.2) is 5.84 Å². The first-order valence-electron chi connectivity index (χ1n) is 5.67. The fourth-order valence-corrected chi connectivity index (χ4v) is 2.05. The van der Waals surface area contributed by atoms with E-state index >= 15 is 0 Å². The number of alkyl halides is 3. The molecular formula is C14H9F3N2. The lowest BCUT2D eigenvalue weighted by Gasteiger charge is -2.15. The van der Waals surface area contributed by atoms with Crippen molar-refractivity contribution in [2.24, 2.45) is 5.10 Å². The van der Waals surface area contributed by atoms with Crippen LogP contribution in [0.25, 0.3) is 11.1 Å². The largest absolute Gasteiger partial charge is 0.417 e. The van der Waals surface area contributed by atoms with Crippen LogP contribution in [0.4, 0.5) is 13.2 Å². The lowest BCUT2D eigenvalue weighted by atomic mass is 9.94. The van der Waals surface area contributed by atoms with Crippen LogP contribution < -0.4 is 5.43 Å². The maximum absolute atomic E-state index is 13.1. The lowest BCUT2D eigenvalue weighted by molar-refractivity contribution is -0.137.